The number of halogens is 2. The van der Waals surface area contributed by atoms with E-state index in [1.165, 1.54) is 19.9 Å². The summed E-state index contributed by atoms with van der Waals surface area (Å²) in [4.78, 5) is 20.2. The van der Waals surface area contributed by atoms with Crippen LogP contribution in [-0.2, 0) is 28.2 Å². The number of hydrogen-bond donors (Lipinski definition) is 3. The van der Waals surface area contributed by atoms with Gasteiger partial charge in [0.2, 0.25) is 0 Å². The highest BCUT2D eigenvalue weighted by Crippen LogP contribution is 2.31. The van der Waals surface area contributed by atoms with Crippen molar-refractivity contribution in [2.24, 2.45) is 7.05 Å². The Hall–Kier alpha value is -3.61. The van der Waals surface area contributed by atoms with Gasteiger partial charge >= 0.3 is 6.03 Å². The Labute approximate surface area is 189 Å². The van der Waals surface area contributed by atoms with Crippen LogP contribution in [0.3, 0.4) is 0 Å². The van der Waals surface area contributed by atoms with Crippen LogP contribution in [0.5, 0.6) is 0 Å². The van der Waals surface area contributed by atoms with E-state index in [0.717, 1.165) is 18.4 Å². The summed E-state index contributed by atoms with van der Waals surface area (Å²) in [6.45, 7) is 2.98. The maximum Gasteiger partial charge on any atom is 0.319 e. The van der Waals surface area contributed by atoms with Gasteiger partial charge in [0, 0.05) is 43.2 Å². The van der Waals surface area contributed by atoms with Crippen LogP contribution in [0.25, 0.3) is 11.4 Å². The molecule has 2 heterocycles. The monoisotopic (exact) mass is 479 g/mol. The van der Waals surface area contributed by atoms with Gasteiger partial charge in [-0.2, -0.15) is 5.10 Å². The van der Waals surface area contributed by atoms with Crippen molar-refractivity contribution < 1.29 is 22.0 Å². The molecule has 4 N–H and O–H groups in total. The van der Waals surface area contributed by atoms with Crippen molar-refractivity contribution in [3.05, 3.63) is 53.5 Å². The molecule has 0 spiro atoms. The highest BCUT2D eigenvalue weighted by Gasteiger charge is 2.34. The summed E-state index contributed by atoms with van der Waals surface area (Å²) in [7, 11) is -1.87. The van der Waals surface area contributed by atoms with E-state index in [1.807, 2.05) is 0 Å². The number of carbonyl (C=O) groups excluding carboxylic acids is 1. The van der Waals surface area contributed by atoms with Gasteiger partial charge in [-0.25, -0.2) is 32.0 Å². The highest BCUT2D eigenvalue weighted by molar-refractivity contribution is 7.91. The van der Waals surface area contributed by atoms with Crippen molar-refractivity contribution in [1.29, 1.82) is 0 Å². The van der Waals surface area contributed by atoms with Gasteiger partial charge in [-0.3, -0.25) is 4.68 Å². The van der Waals surface area contributed by atoms with Gasteiger partial charge < -0.3 is 16.4 Å². The third kappa shape index (κ3) is 5.25. The molecule has 3 aromatic rings. The van der Waals surface area contributed by atoms with E-state index >= 15 is 0 Å². The smallest absolute Gasteiger partial charge is 0.319 e. The van der Waals surface area contributed by atoms with Gasteiger partial charge in [0.1, 0.15) is 16.3 Å². The number of rotatable bonds is 6. The first kappa shape index (κ1) is 24.0. The lowest BCUT2D eigenvalue weighted by Crippen LogP contribution is -2.29. The van der Waals surface area contributed by atoms with E-state index in [9.17, 15) is 22.0 Å². The summed E-state index contributed by atoms with van der Waals surface area (Å²) in [6.07, 6.45) is 4.27. The molecule has 0 radical (unpaired) electrons. The summed E-state index contributed by atoms with van der Waals surface area (Å²) >= 11 is 0. The van der Waals surface area contributed by atoms with Crippen molar-refractivity contribution in [2.45, 2.75) is 25.1 Å². The molecule has 33 heavy (non-hydrogen) atoms. The predicted octanol–water partition coefficient (Wildman–Crippen LogP) is 2.34. The molecule has 2 aromatic heterocycles. The lowest BCUT2D eigenvalue weighted by molar-refractivity contribution is 0.251. The van der Waals surface area contributed by atoms with E-state index in [4.69, 9.17) is 5.73 Å². The average Bonchev–Trinajstić information content (AvgIpc) is 3.13. The second kappa shape index (κ2) is 8.73. The Morgan fingerprint density at radius 2 is 1.82 bits per heavy atom. The molecular weight excluding hydrogens is 456 g/mol. The number of sulfone groups is 1. The molecule has 13 heteroatoms. The highest BCUT2D eigenvalue weighted by atomic mass is 32.2. The lowest BCUT2D eigenvalue weighted by Gasteiger charge is -2.22. The second-order valence-corrected chi connectivity index (χ2v) is 10.5. The molecule has 0 aliphatic rings. The number of aryl methyl sites for hydroxylation is 1. The second-order valence-electron chi connectivity index (χ2n) is 7.93. The maximum absolute atomic E-state index is 14.7. The van der Waals surface area contributed by atoms with Crippen molar-refractivity contribution >= 4 is 27.4 Å². The molecule has 2 amide bonds. The number of nitrogens with zero attached hydrogens (tertiary/aromatic N) is 4. The molecule has 0 saturated carbocycles. The topological polar surface area (TPSA) is 145 Å². The fourth-order valence-corrected chi connectivity index (χ4v) is 3.30. The Balaban J connectivity index is 1.86. The van der Waals surface area contributed by atoms with Gasteiger partial charge in [0.15, 0.2) is 27.3 Å². The number of urea groups is 1. The van der Waals surface area contributed by atoms with Crippen LogP contribution in [0.15, 0.2) is 30.6 Å². The van der Waals surface area contributed by atoms with Crippen LogP contribution >= 0.6 is 0 Å². The zero-order valence-electron chi connectivity index (χ0n) is 18.3. The lowest BCUT2D eigenvalue weighted by atomic mass is 10.1. The number of carbonyl (C=O) groups is 1. The largest absolute Gasteiger partial charge is 0.384 e. The van der Waals surface area contributed by atoms with Crippen LogP contribution in [-0.4, -0.2) is 40.5 Å². The number of hydrogen-bond acceptors (Lipinski definition) is 7. The van der Waals surface area contributed by atoms with E-state index < -0.39 is 37.9 Å². The van der Waals surface area contributed by atoms with Crippen molar-refractivity contribution in [3.8, 4) is 11.4 Å². The molecule has 10 nitrogen and oxygen atoms in total. The number of amides is 2. The zero-order chi connectivity index (χ0) is 24.6. The van der Waals surface area contributed by atoms with Crippen LogP contribution in [0.1, 0.15) is 25.1 Å². The summed E-state index contributed by atoms with van der Waals surface area (Å²) in [5, 5.41) is 8.56. The normalized spacial score (nSPS) is 11.9. The fraction of sp³-hybridized carbons (Fsp3) is 0.300. The van der Waals surface area contributed by atoms with Crippen molar-refractivity contribution in [3.63, 3.8) is 0 Å². The molecule has 176 valence electrons. The SMILES string of the molecule is Cn1cc(CNC(=O)Nc2c(F)cc(-c3nc(N)cc(C(C)(C)S(C)(=O)=O)n3)cc2F)cn1. The van der Waals surface area contributed by atoms with Crippen LogP contribution in [0.2, 0.25) is 0 Å². The standard InChI is InChI=1S/C20H23F2N7O3S/c1-20(2,33(4,31)32)15-7-16(23)27-18(26-15)12-5-13(21)17(14(22)6-12)28-19(30)24-8-11-9-25-29(3)10-11/h5-7,9-10H,8H2,1-4H3,(H2,23,26,27)(H2,24,28,30). The number of nitrogen functional groups attached to an aromatic ring is 1. The van der Waals surface area contributed by atoms with Gasteiger partial charge in [0.05, 0.1) is 11.9 Å². The van der Waals surface area contributed by atoms with Crippen LogP contribution in [0.4, 0.5) is 25.1 Å². The number of nitrogens with two attached hydrogens (primary N) is 1. The molecule has 0 bridgehead atoms. The first-order valence-electron chi connectivity index (χ1n) is 9.64. The Morgan fingerprint density at radius 1 is 1.18 bits per heavy atom. The Kier molecular flexibility index (Phi) is 6.36. The summed E-state index contributed by atoms with van der Waals surface area (Å²) in [6, 6.07) is 2.32. The van der Waals surface area contributed by atoms with E-state index in [0.29, 0.717) is 5.56 Å². The summed E-state index contributed by atoms with van der Waals surface area (Å²) < 4.78 is 53.8. The van der Waals surface area contributed by atoms with Crippen molar-refractivity contribution in [2.75, 3.05) is 17.3 Å². The molecule has 0 aliphatic carbocycles. The molecule has 3 rings (SSSR count). The number of aromatic nitrogens is 4. The van der Waals surface area contributed by atoms with Crippen molar-refractivity contribution in [1.82, 2.24) is 25.1 Å². The predicted molar refractivity (Wildman–Crippen MR) is 119 cm³/mol. The molecule has 0 unspecified atom stereocenters. The van der Waals surface area contributed by atoms with Crippen LogP contribution < -0.4 is 16.4 Å². The number of benzene rings is 1. The summed E-state index contributed by atoms with van der Waals surface area (Å²) in [5.74, 6) is -2.37. The third-order valence-corrected chi connectivity index (χ3v) is 7.10. The van der Waals surface area contributed by atoms with E-state index in [2.05, 4.69) is 25.7 Å². The first-order valence-corrected chi connectivity index (χ1v) is 11.5. The third-order valence-electron chi connectivity index (χ3n) is 5.04. The minimum atomic E-state index is -3.59. The Morgan fingerprint density at radius 3 is 2.36 bits per heavy atom. The van der Waals surface area contributed by atoms with Gasteiger partial charge in [-0.15, -0.1) is 0 Å². The quantitative estimate of drug-likeness (QED) is 0.492. The molecule has 0 saturated heterocycles. The molecule has 1 aromatic carbocycles. The number of nitrogens with one attached hydrogen (secondary N) is 2. The average molecular weight is 480 g/mol. The maximum atomic E-state index is 14.7. The number of anilines is 2. The molecule has 0 atom stereocenters. The molecule has 0 aliphatic heterocycles. The molecule has 0 fully saturated rings. The summed E-state index contributed by atoms with van der Waals surface area (Å²) in [5.41, 5.74) is 5.82. The van der Waals surface area contributed by atoms with Gasteiger partial charge in [-0.05, 0) is 26.0 Å². The Bertz CT molecular complexity index is 1300. The van der Waals surface area contributed by atoms with Gasteiger partial charge in [0.25, 0.3) is 0 Å². The fourth-order valence-electron chi connectivity index (χ4n) is 2.82. The van der Waals surface area contributed by atoms with E-state index in [-0.39, 0.29) is 29.4 Å². The van der Waals surface area contributed by atoms with Gasteiger partial charge in [-0.1, -0.05) is 0 Å². The van der Waals surface area contributed by atoms with Crippen LogP contribution in [0, 0.1) is 11.6 Å². The van der Waals surface area contributed by atoms with E-state index in [1.54, 1.807) is 24.1 Å². The minimum Gasteiger partial charge on any atom is -0.384 e. The molecular formula is C20H23F2N7O3S. The first-order chi connectivity index (χ1) is 15.3. The minimum absolute atomic E-state index is 0.0653. The zero-order valence-corrected chi connectivity index (χ0v) is 19.2.